The molecule has 3 heteroatoms. The molecule has 0 bridgehead atoms. The Kier molecular flexibility index (Phi) is 5.96. The van der Waals surface area contributed by atoms with Crippen molar-refractivity contribution in [3.05, 3.63) is 0 Å². The quantitative estimate of drug-likeness (QED) is 0.718. The van der Waals surface area contributed by atoms with Crippen LogP contribution in [0.15, 0.2) is 0 Å². The summed E-state index contributed by atoms with van der Waals surface area (Å²) < 4.78 is 0. The fourth-order valence-corrected chi connectivity index (χ4v) is 3.08. The Bertz CT molecular complexity index is 232. The van der Waals surface area contributed by atoms with Crippen LogP contribution in [0, 0.1) is 11.3 Å². The maximum atomic E-state index is 11.6. The molecule has 1 saturated carbocycles. The second-order valence-electron chi connectivity index (χ2n) is 5.97. The highest BCUT2D eigenvalue weighted by atomic mass is 16.1. The van der Waals surface area contributed by atoms with Crippen LogP contribution in [0.1, 0.15) is 58.8 Å². The standard InChI is InChI=1S/C14H28N2O/c1-12(2)10-14(7-3-4-8-14)11-16-13(17)6-5-9-15/h12H,3-11,15H2,1-2H3,(H,16,17). The number of hydrogen-bond donors (Lipinski definition) is 2. The van der Waals surface area contributed by atoms with Crippen LogP contribution >= 0.6 is 0 Å². The smallest absolute Gasteiger partial charge is 0.220 e. The number of rotatable bonds is 7. The minimum Gasteiger partial charge on any atom is -0.356 e. The zero-order valence-electron chi connectivity index (χ0n) is 11.4. The minimum absolute atomic E-state index is 0.172. The molecule has 0 unspecified atom stereocenters. The summed E-state index contributed by atoms with van der Waals surface area (Å²) in [5.41, 5.74) is 5.79. The molecular weight excluding hydrogens is 212 g/mol. The van der Waals surface area contributed by atoms with Gasteiger partial charge in [-0.05, 0) is 43.6 Å². The lowest BCUT2D eigenvalue weighted by Crippen LogP contribution is -2.36. The number of carbonyl (C=O) groups excluding carboxylic acids is 1. The Balaban J connectivity index is 2.36. The lowest BCUT2D eigenvalue weighted by molar-refractivity contribution is -0.121. The first-order valence-electron chi connectivity index (χ1n) is 7.05. The van der Waals surface area contributed by atoms with Crippen LogP contribution in [-0.4, -0.2) is 19.0 Å². The molecule has 1 amide bonds. The monoisotopic (exact) mass is 240 g/mol. The van der Waals surface area contributed by atoms with E-state index >= 15 is 0 Å². The molecule has 0 aromatic rings. The van der Waals surface area contributed by atoms with Gasteiger partial charge in [-0.25, -0.2) is 0 Å². The largest absolute Gasteiger partial charge is 0.356 e. The molecule has 0 aromatic carbocycles. The third-order valence-corrected chi connectivity index (χ3v) is 3.77. The molecule has 100 valence electrons. The van der Waals surface area contributed by atoms with Crippen molar-refractivity contribution in [1.82, 2.24) is 5.32 Å². The van der Waals surface area contributed by atoms with Crippen LogP contribution in [0.4, 0.5) is 0 Å². The summed E-state index contributed by atoms with van der Waals surface area (Å²) in [4.78, 5) is 11.6. The summed E-state index contributed by atoms with van der Waals surface area (Å²) in [6, 6.07) is 0. The number of nitrogens with two attached hydrogens (primary N) is 1. The first-order valence-corrected chi connectivity index (χ1v) is 7.05. The number of nitrogens with one attached hydrogen (secondary N) is 1. The van der Waals surface area contributed by atoms with Crippen molar-refractivity contribution in [2.75, 3.05) is 13.1 Å². The van der Waals surface area contributed by atoms with E-state index in [-0.39, 0.29) is 5.91 Å². The van der Waals surface area contributed by atoms with Crippen molar-refractivity contribution in [2.45, 2.75) is 58.8 Å². The molecule has 0 aliphatic heterocycles. The second-order valence-corrected chi connectivity index (χ2v) is 5.97. The van der Waals surface area contributed by atoms with Crippen LogP contribution < -0.4 is 11.1 Å². The van der Waals surface area contributed by atoms with E-state index < -0.39 is 0 Å². The molecule has 3 N–H and O–H groups in total. The summed E-state index contributed by atoms with van der Waals surface area (Å²) in [5.74, 6) is 0.888. The van der Waals surface area contributed by atoms with Gasteiger partial charge in [0.1, 0.15) is 0 Å². The van der Waals surface area contributed by atoms with Gasteiger partial charge in [-0.1, -0.05) is 26.7 Å². The number of amides is 1. The Morgan fingerprint density at radius 3 is 2.53 bits per heavy atom. The van der Waals surface area contributed by atoms with E-state index in [2.05, 4.69) is 19.2 Å². The van der Waals surface area contributed by atoms with E-state index in [1.807, 2.05) is 0 Å². The van der Waals surface area contributed by atoms with Gasteiger partial charge in [0.15, 0.2) is 0 Å². The Hall–Kier alpha value is -0.570. The molecule has 0 heterocycles. The Labute approximate surface area is 106 Å². The highest BCUT2D eigenvalue weighted by Gasteiger charge is 2.34. The SMILES string of the molecule is CC(C)CC1(CNC(=O)CCCN)CCCC1. The Morgan fingerprint density at radius 1 is 1.35 bits per heavy atom. The van der Waals surface area contributed by atoms with Gasteiger partial charge in [-0.3, -0.25) is 4.79 Å². The van der Waals surface area contributed by atoms with E-state index in [1.54, 1.807) is 0 Å². The first kappa shape index (κ1) is 14.5. The van der Waals surface area contributed by atoms with E-state index in [4.69, 9.17) is 5.73 Å². The lowest BCUT2D eigenvalue weighted by Gasteiger charge is -2.31. The molecular formula is C14H28N2O. The van der Waals surface area contributed by atoms with E-state index in [9.17, 15) is 4.79 Å². The maximum Gasteiger partial charge on any atom is 0.220 e. The Morgan fingerprint density at radius 2 is 2.00 bits per heavy atom. The van der Waals surface area contributed by atoms with Crippen LogP contribution in [0.5, 0.6) is 0 Å². The van der Waals surface area contributed by atoms with E-state index in [1.165, 1.54) is 32.1 Å². The summed E-state index contributed by atoms with van der Waals surface area (Å²) in [6.07, 6.45) is 7.82. The van der Waals surface area contributed by atoms with Crippen LogP contribution in [0.25, 0.3) is 0 Å². The summed E-state index contributed by atoms with van der Waals surface area (Å²) in [7, 11) is 0. The molecule has 1 aliphatic carbocycles. The van der Waals surface area contributed by atoms with E-state index in [0.29, 0.717) is 24.3 Å². The topological polar surface area (TPSA) is 55.1 Å². The molecule has 1 fully saturated rings. The molecule has 17 heavy (non-hydrogen) atoms. The lowest BCUT2D eigenvalue weighted by atomic mass is 9.78. The van der Waals surface area contributed by atoms with Gasteiger partial charge >= 0.3 is 0 Å². The van der Waals surface area contributed by atoms with Crippen molar-refractivity contribution < 1.29 is 4.79 Å². The third-order valence-electron chi connectivity index (χ3n) is 3.77. The number of hydrogen-bond acceptors (Lipinski definition) is 2. The second kappa shape index (κ2) is 7.00. The average Bonchev–Trinajstić information content (AvgIpc) is 2.71. The van der Waals surface area contributed by atoms with E-state index in [0.717, 1.165) is 13.0 Å². The molecule has 3 nitrogen and oxygen atoms in total. The molecule has 0 saturated heterocycles. The molecule has 0 aromatic heterocycles. The minimum atomic E-state index is 0.172. The summed E-state index contributed by atoms with van der Waals surface area (Å²) in [5, 5.41) is 3.11. The molecule has 1 rings (SSSR count). The average molecular weight is 240 g/mol. The molecule has 0 radical (unpaired) electrons. The number of carbonyl (C=O) groups is 1. The van der Waals surface area contributed by atoms with Gasteiger partial charge in [-0.2, -0.15) is 0 Å². The summed E-state index contributed by atoms with van der Waals surface area (Å²) >= 11 is 0. The van der Waals surface area contributed by atoms with Crippen molar-refractivity contribution >= 4 is 5.91 Å². The fraction of sp³-hybridized carbons (Fsp3) is 0.929. The maximum absolute atomic E-state index is 11.6. The first-order chi connectivity index (χ1) is 8.08. The molecule has 0 atom stereocenters. The van der Waals surface area contributed by atoms with Crippen molar-refractivity contribution in [1.29, 1.82) is 0 Å². The zero-order chi connectivity index (χ0) is 12.7. The zero-order valence-corrected chi connectivity index (χ0v) is 11.4. The van der Waals surface area contributed by atoms with Crippen molar-refractivity contribution in [3.8, 4) is 0 Å². The fourth-order valence-electron chi connectivity index (χ4n) is 3.08. The predicted molar refractivity (Wildman–Crippen MR) is 71.7 cm³/mol. The van der Waals surface area contributed by atoms with Gasteiger partial charge in [0.25, 0.3) is 0 Å². The predicted octanol–water partition coefficient (Wildman–Crippen LogP) is 2.45. The van der Waals surface area contributed by atoms with Crippen molar-refractivity contribution in [3.63, 3.8) is 0 Å². The highest BCUT2D eigenvalue weighted by molar-refractivity contribution is 5.75. The van der Waals surface area contributed by atoms with Gasteiger partial charge in [-0.15, -0.1) is 0 Å². The highest BCUT2D eigenvalue weighted by Crippen LogP contribution is 2.42. The molecule has 0 spiro atoms. The molecule has 1 aliphatic rings. The van der Waals surface area contributed by atoms with Gasteiger partial charge in [0.05, 0.1) is 0 Å². The van der Waals surface area contributed by atoms with Crippen LogP contribution in [0.3, 0.4) is 0 Å². The van der Waals surface area contributed by atoms with Gasteiger partial charge in [0, 0.05) is 13.0 Å². The van der Waals surface area contributed by atoms with Gasteiger partial charge < -0.3 is 11.1 Å². The third kappa shape index (κ3) is 5.07. The van der Waals surface area contributed by atoms with Gasteiger partial charge in [0.2, 0.25) is 5.91 Å². The van der Waals surface area contributed by atoms with Crippen molar-refractivity contribution in [2.24, 2.45) is 17.1 Å². The van der Waals surface area contributed by atoms with Crippen LogP contribution in [-0.2, 0) is 4.79 Å². The summed E-state index contributed by atoms with van der Waals surface area (Å²) in [6.45, 7) is 6.02. The van der Waals surface area contributed by atoms with Crippen LogP contribution in [0.2, 0.25) is 0 Å². The normalized spacial score (nSPS) is 18.6.